The standard InChI is InChI=1S/C23H20FNO5/c1-12-17-5-4-6-18(24)22(17)30-21(12)23(28)29-13(2)20(27)16-7-8-19-15(11-16)9-10-25(19)14(3)26/h4-8,11,13H,9-10H2,1-3H3. The Bertz CT molecular complexity index is 1200. The van der Waals surface area contributed by atoms with Crippen molar-refractivity contribution in [2.75, 3.05) is 11.4 Å². The van der Waals surface area contributed by atoms with E-state index >= 15 is 0 Å². The van der Waals surface area contributed by atoms with Gasteiger partial charge in [0.25, 0.3) is 0 Å². The fourth-order valence-electron chi connectivity index (χ4n) is 3.79. The molecule has 0 radical (unpaired) electrons. The zero-order chi connectivity index (χ0) is 21.6. The predicted octanol–water partition coefficient (Wildman–Crippen LogP) is 4.22. The first kappa shape index (κ1) is 19.8. The van der Waals surface area contributed by atoms with Crippen LogP contribution in [0.25, 0.3) is 11.0 Å². The Morgan fingerprint density at radius 3 is 2.67 bits per heavy atom. The van der Waals surface area contributed by atoms with Gasteiger partial charge in [-0.05, 0) is 50.1 Å². The molecule has 1 aromatic heterocycles. The van der Waals surface area contributed by atoms with E-state index in [0.29, 0.717) is 29.5 Å². The van der Waals surface area contributed by atoms with Gasteiger partial charge in [0.05, 0.1) is 0 Å². The average Bonchev–Trinajstić information content (AvgIpc) is 3.29. The summed E-state index contributed by atoms with van der Waals surface area (Å²) in [5, 5.41) is 0.481. The van der Waals surface area contributed by atoms with Crippen molar-refractivity contribution in [1.82, 2.24) is 0 Å². The highest BCUT2D eigenvalue weighted by Gasteiger charge is 2.28. The first-order valence-corrected chi connectivity index (χ1v) is 9.61. The highest BCUT2D eigenvalue weighted by atomic mass is 19.1. The van der Waals surface area contributed by atoms with Crippen molar-refractivity contribution in [3.63, 3.8) is 0 Å². The normalized spacial score (nSPS) is 13.9. The molecule has 0 N–H and O–H groups in total. The van der Waals surface area contributed by atoms with Crippen LogP contribution in [0.5, 0.6) is 0 Å². The number of benzene rings is 2. The van der Waals surface area contributed by atoms with Crippen LogP contribution >= 0.6 is 0 Å². The zero-order valence-electron chi connectivity index (χ0n) is 16.8. The number of Topliss-reactive ketones (excluding diaryl/α,β-unsaturated/α-hetero) is 1. The largest absolute Gasteiger partial charge is 0.448 e. The van der Waals surface area contributed by atoms with E-state index < -0.39 is 17.9 Å². The van der Waals surface area contributed by atoms with E-state index in [1.165, 1.54) is 26.0 Å². The van der Waals surface area contributed by atoms with Crippen molar-refractivity contribution in [1.29, 1.82) is 0 Å². The number of hydrogen-bond donors (Lipinski definition) is 0. The van der Waals surface area contributed by atoms with Gasteiger partial charge < -0.3 is 14.1 Å². The van der Waals surface area contributed by atoms with E-state index in [2.05, 4.69) is 0 Å². The summed E-state index contributed by atoms with van der Waals surface area (Å²) in [5.41, 5.74) is 2.53. The quantitative estimate of drug-likeness (QED) is 0.476. The van der Waals surface area contributed by atoms with Gasteiger partial charge in [-0.2, -0.15) is 0 Å². The number of hydrogen-bond acceptors (Lipinski definition) is 5. The third kappa shape index (κ3) is 3.26. The van der Waals surface area contributed by atoms with E-state index in [1.807, 2.05) is 0 Å². The van der Waals surface area contributed by atoms with Crippen molar-refractivity contribution in [3.8, 4) is 0 Å². The fraction of sp³-hybridized carbons (Fsp3) is 0.261. The number of nitrogens with zero attached hydrogens (tertiary/aromatic N) is 1. The Morgan fingerprint density at radius 2 is 1.97 bits per heavy atom. The van der Waals surface area contributed by atoms with Crippen LogP contribution in [0.4, 0.5) is 10.1 Å². The number of para-hydroxylation sites is 1. The number of carbonyl (C=O) groups is 3. The lowest BCUT2D eigenvalue weighted by atomic mass is 10.0. The van der Waals surface area contributed by atoms with Crippen LogP contribution < -0.4 is 4.90 Å². The summed E-state index contributed by atoms with van der Waals surface area (Å²) in [4.78, 5) is 38.7. The number of furan rings is 1. The molecule has 30 heavy (non-hydrogen) atoms. The minimum atomic E-state index is -1.06. The number of ether oxygens (including phenoxy) is 1. The number of esters is 1. The lowest BCUT2D eigenvalue weighted by Gasteiger charge is -2.15. The first-order valence-electron chi connectivity index (χ1n) is 9.61. The van der Waals surface area contributed by atoms with Crippen LogP contribution in [-0.2, 0) is 16.0 Å². The van der Waals surface area contributed by atoms with Crippen molar-refractivity contribution >= 4 is 34.3 Å². The highest BCUT2D eigenvalue weighted by molar-refractivity contribution is 6.03. The first-order chi connectivity index (χ1) is 14.3. The maximum atomic E-state index is 13.9. The molecule has 1 atom stereocenters. The Morgan fingerprint density at radius 1 is 1.20 bits per heavy atom. The van der Waals surface area contributed by atoms with Gasteiger partial charge in [0.2, 0.25) is 17.5 Å². The van der Waals surface area contributed by atoms with Gasteiger partial charge in [0, 0.05) is 35.7 Å². The lowest BCUT2D eigenvalue weighted by Crippen LogP contribution is -2.26. The molecular formula is C23H20FNO5. The van der Waals surface area contributed by atoms with Gasteiger partial charge >= 0.3 is 5.97 Å². The molecule has 7 heteroatoms. The Balaban J connectivity index is 1.53. The number of halogens is 1. The van der Waals surface area contributed by atoms with Crippen LogP contribution in [0.15, 0.2) is 40.8 Å². The number of aryl methyl sites for hydroxylation is 1. The van der Waals surface area contributed by atoms with Crippen molar-refractivity contribution in [2.24, 2.45) is 0 Å². The van der Waals surface area contributed by atoms with Crippen LogP contribution in [0, 0.1) is 12.7 Å². The minimum absolute atomic E-state index is 0.0189. The molecule has 1 aliphatic rings. The summed E-state index contributed by atoms with van der Waals surface area (Å²) in [5.74, 6) is -1.94. The second-order valence-corrected chi connectivity index (χ2v) is 7.35. The molecule has 0 fully saturated rings. The fourth-order valence-corrected chi connectivity index (χ4v) is 3.79. The summed E-state index contributed by atoms with van der Waals surface area (Å²) in [7, 11) is 0. The second kappa shape index (κ2) is 7.40. The van der Waals surface area contributed by atoms with Gasteiger partial charge in [-0.3, -0.25) is 9.59 Å². The molecule has 0 bridgehead atoms. The molecule has 1 amide bonds. The summed E-state index contributed by atoms with van der Waals surface area (Å²) in [6.07, 6.45) is -0.396. The molecule has 2 heterocycles. The maximum absolute atomic E-state index is 13.9. The average molecular weight is 409 g/mol. The van der Waals surface area contributed by atoms with E-state index in [9.17, 15) is 18.8 Å². The van der Waals surface area contributed by atoms with Crippen molar-refractivity contribution in [2.45, 2.75) is 33.3 Å². The van der Waals surface area contributed by atoms with Gasteiger partial charge in [0.15, 0.2) is 17.5 Å². The van der Waals surface area contributed by atoms with Crippen LogP contribution in [-0.4, -0.2) is 30.3 Å². The maximum Gasteiger partial charge on any atom is 0.375 e. The molecule has 0 saturated carbocycles. The molecule has 0 spiro atoms. The molecule has 0 aliphatic carbocycles. The molecule has 0 saturated heterocycles. The summed E-state index contributed by atoms with van der Waals surface area (Å²) in [6, 6.07) is 9.51. The van der Waals surface area contributed by atoms with E-state index in [0.717, 1.165) is 11.3 Å². The highest BCUT2D eigenvalue weighted by Crippen LogP contribution is 2.30. The van der Waals surface area contributed by atoms with Crippen LogP contribution in [0.2, 0.25) is 0 Å². The van der Waals surface area contributed by atoms with Crippen LogP contribution in [0.3, 0.4) is 0 Å². The van der Waals surface area contributed by atoms with Gasteiger partial charge in [-0.15, -0.1) is 0 Å². The minimum Gasteiger partial charge on any atom is -0.448 e. The number of anilines is 1. The van der Waals surface area contributed by atoms with Gasteiger partial charge in [-0.1, -0.05) is 12.1 Å². The molecule has 2 aromatic carbocycles. The second-order valence-electron chi connectivity index (χ2n) is 7.35. The number of rotatable bonds is 4. The summed E-state index contributed by atoms with van der Waals surface area (Å²) < 4.78 is 24.6. The molecule has 3 aromatic rings. The predicted molar refractivity (Wildman–Crippen MR) is 108 cm³/mol. The smallest absolute Gasteiger partial charge is 0.375 e. The van der Waals surface area contributed by atoms with E-state index in [-0.39, 0.29) is 23.0 Å². The SMILES string of the molecule is CC(=O)N1CCc2cc(C(=O)C(C)OC(=O)c3oc4c(F)cccc4c3C)ccc21. The van der Waals surface area contributed by atoms with Crippen LogP contribution in [0.1, 0.15) is 45.9 Å². The third-order valence-electron chi connectivity index (χ3n) is 5.39. The number of fused-ring (bicyclic) bond motifs is 2. The van der Waals surface area contributed by atoms with E-state index in [4.69, 9.17) is 9.15 Å². The molecule has 6 nitrogen and oxygen atoms in total. The van der Waals surface area contributed by atoms with Crippen molar-refractivity contribution in [3.05, 3.63) is 64.7 Å². The Labute approximate surface area is 172 Å². The molecule has 154 valence electrons. The van der Waals surface area contributed by atoms with Crippen molar-refractivity contribution < 1.29 is 27.9 Å². The van der Waals surface area contributed by atoms with E-state index in [1.54, 1.807) is 36.1 Å². The number of ketones is 1. The summed E-state index contributed by atoms with van der Waals surface area (Å²) in [6.45, 7) is 5.19. The number of carbonyl (C=O) groups excluding carboxylic acids is 3. The molecule has 4 rings (SSSR count). The number of amides is 1. The third-order valence-corrected chi connectivity index (χ3v) is 5.39. The molecular weight excluding hydrogens is 389 g/mol. The zero-order valence-corrected chi connectivity index (χ0v) is 16.8. The Kier molecular flexibility index (Phi) is 4.89. The van der Waals surface area contributed by atoms with Gasteiger partial charge in [0.1, 0.15) is 0 Å². The topological polar surface area (TPSA) is 76.8 Å². The monoisotopic (exact) mass is 409 g/mol. The molecule has 1 unspecified atom stereocenters. The lowest BCUT2D eigenvalue weighted by molar-refractivity contribution is -0.116. The molecule has 1 aliphatic heterocycles. The van der Waals surface area contributed by atoms with Gasteiger partial charge in [-0.25, -0.2) is 9.18 Å². The summed E-state index contributed by atoms with van der Waals surface area (Å²) >= 11 is 0. The Hall–Kier alpha value is -3.48.